The number of likely N-dealkylation sites (tertiary alicyclic amines) is 1. The average Bonchev–Trinajstić information content (AvgIpc) is 3.34. The van der Waals surface area contributed by atoms with Crippen LogP contribution in [0.15, 0.2) is 41.3 Å². The molecule has 1 saturated heterocycles. The van der Waals surface area contributed by atoms with Crippen molar-refractivity contribution in [2.45, 2.75) is 38.3 Å². The first kappa shape index (κ1) is 17.5. The lowest BCUT2D eigenvalue weighted by molar-refractivity contribution is 0.143. The lowest BCUT2D eigenvalue weighted by Crippen LogP contribution is -2.43. The summed E-state index contributed by atoms with van der Waals surface area (Å²) in [6, 6.07) is 5.76. The Balaban J connectivity index is 1.41. The monoisotopic (exact) mass is 345 g/mol. The summed E-state index contributed by atoms with van der Waals surface area (Å²) < 4.78 is 7.46. The minimum absolute atomic E-state index is 0.102. The number of nitrogens with one attached hydrogen (secondary N) is 2. The number of carbonyl (C=O) groups excluding carboxylic acids is 1. The molecule has 25 heavy (non-hydrogen) atoms. The van der Waals surface area contributed by atoms with E-state index in [9.17, 15) is 4.79 Å². The fourth-order valence-electron chi connectivity index (χ4n) is 3.25. The van der Waals surface area contributed by atoms with Crippen LogP contribution < -0.4 is 10.6 Å². The zero-order valence-electron chi connectivity index (χ0n) is 14.6. The van der Waals surface area contributed by atoms with E-state index < -0.39 is 0 Å². The molecule has 3 heterocycles. The SMILES string of the molecule is O=C(NCCCn1cccn1)NCC(c1ccco1)N1CCCCC1. The van der Waals surface area contributed by atoms with Crippen LogP contribution >= 0.6 is 0 Å². The van der Waals surface area contributed by atoms with E-state index in [4.69, 9.17) is 4.42 Å². The summed E-state index contributed by atoms with van der Waals surface area (Å²) in [5, 5.41) is 10.0. The number of hydrogen-bond acceptors (Lipinski definition) is 4. The van der Waals surface area contributed by atoms with Gasteiger partial charge in [-0.05, 0) is 50.6 Å². The number of urea groups is 1. The van der Waals surface area contributed by atoms with Crippen LogP contribution in [0.25, 0.3) is 0 Å². The molecule has 0 aliphatic carbocycles. The molecule has 1 aliphatic rings. The highest BCUT2D eigenvalue weighted by Gasteiger charge is 2.24. The molecule has 2 N–H and O–H groups in total. The van der Waals surface area contributed by atoms with E-state index in [1.807, 2.05) is 29.1 Å². The lowest BCUT2D eigenvalue weighted by atomic mass is 10.1. The molecular weight excluding hydrogens is 318 g/mol. The van der Waals surface area contributed by atoms with Gasteiger partial charge in [0, 0.05) is 32.0 Å². The van der Waals surface area contributed by atoms with Crippen molar-refractivity contribution in [1.82, 2.24) is 25.3 Å². The van der Waals surface area contributed by atoms with Crippen molar-refractivity contribution in [3.63, 3.8) is 0 Å². The molecule has 1 aliphatic heterocycles. The second kappa shape index (κ2) is 9.27. The van der Waals surface area contributed by atoms with E-state index in [1.165, 1.54) is 19.3 Å². The summed E-state index contributed by atoms with van der Waals surface area (Å²) >= 11 is 0. The first-order valence-electron chi connectivity index (χ1n) is 9.09. The summed E-state index contributed by atoms with van der Waals surface area (Å²) in [6.45, 7) is 4.09. The van der Waals surface area contributed by atoms with Crippen molar-refractivity contribution in [1.29, 1.82) is 0 Å². The highest BCUT2D eigenvalue weighted by Crippen LogP contribution is 2.24. The molecule has 3 rings (SSSR count). The Kier molecular flexibility index (Phi) is 6.50. The molecule has 0 bridgehead atoms. The standard InChI is InChI=1S/C18H27N5O2/c24-18(19-8-5-12-23-13-6-9-21-23)20-15-16(17-7-4-14-25-17)22-10-2-1-3-11-22/h4,6-7,9,13-14,16H,1-3,5,8,10-12,15H2,(H2,19,20,24). The number of hydrogen-bond donors (Lipinski definition) is 2. The maximum absolute atomic E-state index is 12.1. The zero-order valence-corrected chi connectivity index (χ0v) is 14.6. The van der Waals surface area contributed by atoms with E-state index in [-0.39, 0.29) is 12.1 Å². The molecule has 7 nitrogen and oxygen atoms in total. The van der Waals surface area contributed by atoms with Crippen molar-refractivity contribution < 1.29 is 9.21 Å². The van der Waals surface area contributed by atoms with Crippen LogP contribution in [0, 0.1) is 0 Å². The van der Waals surface area contributed by atoms with Crippen molar-refractivity contribution in [2.24, 2.45) is 0 Å². The molecular formula is C18H27N5O2. The minimum Gasteiger partial charge on any atom is -0.468 e. The highest BCUT2D eigenvalue weighted by molar-refractivity contribution is 5.73. The zero-order chi connectivity index (χ0) is 17.3. The maximum Gasteiger partial charge on any atom is 0.314 e. The number of amides is 2. The molecule has 1 unspecified atom stereocenters. The second-order valence-corrected chi connectivity index (χ2v) is 6.39. The highest BCUT2D eigenvalue weighted by atomic mass is 16.3. The Bertz CT molecular complexity index is 605. The molecule has 0 aromatic carbocycles. The van der Waals surface area contributed by atoms with Crippen LogP contribution in [-0.4, -0.2) is 46.9 Å². The predicted octanol–water partition coefficient (Wildman–Crippen LogP) is 2.39. The Hall–Kier alpha value is -2.28. The van der Waals surface area contributed by atoms with Crippen LogP contribution in [0.3, 0.4) is 0 Å². The summed E-state index contributed by atoms with van der Waals surface area (Å²) in [4.78, 5) is 14.5. The summed E-state index contributed by atoms with van der Waals surface area (Å²) in [5.41, 5.74) is 0. The Morgan fingerprint density at radius 2 is 2.12 bits per heavy atom. The van der Waals surface area contributed by atoms with Crippen LogP contribution in [0.5, 0.6) is 0 Å². The molecule has 1 fully saturated rings. The van der Waals surface area contributed by atoms with Gasteiger partial charge in [0.05, 0.1) is 12.3 Å². The van der Waals surface area contributed by atoms with Crippen molar-refractivity contribution in [3.8, 4) is 0 Å². The summed E-state index contributed by atoms with van der Waals surface area (Å²) in [6.07, 6.45) is 9.92. The van der Waals surface area contributed by atoms with E-state index in [1.54, 1.807) is 12.5 Å². The Labute approximate surface area is 148 Å². The van der Waals surface area contributed by atoms with E-state index in [0.717, 1.165) is 31.8 Å². The van der Waals surface area contributed by atoms with E-state index in [0.29, 0.717) is 13.1 Å². The molecule has 0 saturated carbocycles. The number of piperidine rings is 1. The van der Waals surface area contributed by atoms with Crippen LogP contribution in [0.1, 0.15) is 37.5 Å². The van der Waals surface area contributed by atoms with Gasteiger partial charge in [-0.25, -0.2) is 4.79 Å². The normalized spacial score (nSPS) is 16.5. The van der Waals surface area contributed by atoms with E-state index in [2.05, 4.69) is 20.6 Å². The average molecular weight is 345 g/mol. The number of aryl methyl sites for hydroxylation is 1. The number of rotatable bonds is 8. The molecule has 136 valence electrons. The molecule has 2 aromatic heterocycles. The number of nitrogens with zero attached hydrogens (tertiary/aromatic N) is 3. The van der Waals surface area contributed by atoms with Gasteiger partial charge in [-0.1, -0.05) is 6.42 Å². The van der Waals surface area contributed by atoms with Crippen LogP contribution in [-0.2, 0) is 6.54 Å². The van der Waals surface area contributed by atoms with Gasteiger partial charge in [-0.2, -0.15) is 5.10 Å². The van der Waals surface area contributed by atoms with Gasteiger partial charge in [0.15, 0.2) is 0 Å². The number of furan rings is 1. The Morgan fingerprint density at radius 3 is 2.84 bits per heavy atom. The third kappa shape index (κ3) is 5.35. The minimum atomic E-state index is -0.131. The summed E-state index contributed by atoms with van der Waals surface area (Å²) in [5.74, 6) is 0.917. The van der Waals surface area contributed by atoms with Gasteiger partial charge in [-0.15, -0.1) is 0 Å². The molecule has 2 aromatic rings. The lowest BCUT2D eigenvalue weighted by Gasteiger charge is -2.33. The molecule has 2 amide bonds. The van der Waals surface area contributed by atoms with Crippen molar-refractivity contribution in [3.05, 3.63) is 42.6 Å². The molecule has 1 atom stereocenters. The van der Waals surface area contributed by atoms with Crippen LogP contribution in [0.2, 0.25) is 0 Å². The fourth-order valence-corrected chi connectivity index (χ4v) is 3.25. The smallest absolute Gasteiger partial charge is 0.314 e. The third-order valence-corrected chi connectivity index (χ3v) is 4.57. The quantitative estimate of drug-likeness (QED) is 0.721. The van der Waals surface area contributed by atoms with Crippen molar-refractivity contribution in [2.75, 3.05) is 26.2 Å². The maximum atomic E-state index is 12.1. The molecule has 0 radical (unpaired) electrons. The van der Waals surface area contributed by atoms with Crippen LogP contribution in [0.4, 0.5) is 4.79 Å². The first-order valence-corrected chi connectivity index (χ1v) is 9.09. The molecule has 7 heteroatoms. The van der Waals surface area contributed by atoms with Gasteiger partial charge in [0.2, 0.25) is 0 Å². The van der Waals surface area contributed by atoms with Gasteiger partial charge in [0.25, 0.3) is 0 Å². The first-order chi connectivity index (χ1) is 12.3. The van der Waals surface area contributed by atoms with Gasteiger partial charge >= 0.3 is 6.03 Å². The number of aromatic nitrogens is 2. The summed E-state index contributed by atoms with van der Waals surface area (Å²) in [7, 11) is 0. The molecule has 0 spiro atoms. The third-order valence-electron chi connectivity index (χ3n) is 4.57. The van der Waals surface area contributed by atoms with Gasteiger partial charge in [-0.3, -0.25) is 9.58 Å². The van der Waals surface area contributed by atoms with Gasteiger partial charge < -0.3 is 15.1 Å². The topological polar surface area (TPSA) is 75.3 Å². The van der Waals surface area contributed by atoms with E-state index >= 15 is 0 Å². The Morgan fingerprint density at radius 1 is 1.24 bits per heavy atom. The van der Waals surface area contributed by atoms with Crippen molar-refractivity contribution >= 4 is 6.03 Å². The predicted molar refractivity (Wildman–Crippen MR) is 95.1 cm³/mol. The second-order valence-electron chi connectivity index (χ2n) is 6.39. The fraction of sp³-hybridized carbons (Fsp3) is 0.556. The largest absolute Gasteiger partial charge is 0.468 e. The van der Waals surface area contributed by atoms with Gasteiger partial charge in [0.1, 0.15) is 5.76 Å². The number of carbonyl (C=O) groups is 1.